The van der Waals surface area contributed by atoms with Crippen molar-refractivity contribution in [1.82, 2.24) is 5.01 Å². The highest BCUT2D eigenvalue weighted by atomic mass is 16.5. The van der Waals surface area contributed by atoms with Crippen molar-refractivity contribution in [3.63, 3.8) is 0 Å². The van der Waals surface area contributed by atoms with Gasteiger partial charge in [-0.05, 0) is 12.1 Å². The van der Waals surface area contributed by atoms with Crippen molar-refractivity contribution in [2.45, 2.75) is 6.42 Å². The molecular weight excluding hydrogens is 176 g/mol. The molecule has 0 radical (unpaired) electrons. The summed E-state index contributed by atoms with van der Waals surface area (Å²) in [5, 5.41) is 6.23. The lowest BCUT2D eigenvalue weighted by molar-refractivity contribution is 0.228. The van der Waals surface area contributed by atoms with E-state index < -0.39 is 0 Å². The van der Waals surface area contributed by atoms with Gasteiger partial charge in [0.05, 0.1) is 6.54 Å². The number of rotatable bonds is 4. The van der Waals surface area contributed by atoms with E-state index in [9.17, 15) is 0 Å². The van der Waals surface area contributed by atoms with Crippen molar-refractivity contribution in [2.24, 2.45) is 5.10 Å². The monoisotopic (exact) mass is 190 g/mol. The van der Waals surface area contributed by atoms with Gasteiger partial charge in [-0.1, -0.05) is 18.2 Å². The topological polar surface area (TPSA) is 24.8 Å². The van der Waals surface area contributed by atoms with Crippen molar-refractivity contribution >= 4 is 6.21 Å². The van der Waals surface area contributed by atoms with E-state index in [1.54, 1.807) is 0 Å². The number of hydrazone groups is 1. The predicted molar refractivity (Wildman–Crippen MR) is 56.6 cm³/mol. The molecule has 0 N–H and O–H groups in total. The van der Waals surface area contributed by atoms with Crippen molar-refractivity contribution in [1.29, 1.82) is 0 Å². The fraction of sp³-hybridized carbons (Fsp3) is 0.364. The van der Waals surface area contributed by atoms with E-state index in [0.717, 1.165) is 25.3 Å². The molecular formula is C11H14N2O. The number of hydrogen-bond acceptors (Lipinski definition) is 3. The van der Waals surface area contributed by atoms with Gasteiger partial charge in [0, 0.05) is 19.2 Å². The fourth-order valence-corrected chi connectivity index (χ4v) is 1.39. The van der Waals surface area contributed by atoms with Gasteiger partial charge in [0.25, 0.3) is 0 Å². The third-order valence-electron chi connectivity index (χ3n) is 2.12. The number of hydrogen-bond donors (Lipinski definition) is 0. The summed E-state index contributed by atoms with van der Waals surface area (Å²) >= 11 is 0. The first-order valence-electron chi connectivity index (χ1n) is 4.90. The summed E-state index contributed by atoms with van der Waals surface area (Å²) in [7, 11) is 0. The summed E-state index contributed by atoms with van der Waals surface area (Å²) in [6, 6.07) is 9.87. The van der Waals surface area contributed by atoms with Gasteiger partial charge < -0.3 is 4.74 Å². The van der Waals surface area contributed by atoms with Crippen LogP contribution >= 0.6 is 0 Å². The molecule has 3 heteroatoms. The summed E-state index contributed by atoms with van der Waals surface area (Å²) in [6.45, 7) is 2.59. The summed E-state index contributed by atoms with van der Waals surface area (Å²) in [4.78, 5) is 0. The van der Waals surface area contributed by atoms with Crippen LogP contribution in [-0.2, 0) is 0 Å². The Labute approximate surface area is 84.0 Å². The van der Waals surface area contributed by atoms with Crippen LogP contribution < -0.4 is 4.74 Å². The van der Waals surface area contributed by atoms with Crippen LogP contribution in [0.3, 0.4) is 0 Å². The van der Waals surface area contributed by atoms with Crippen LogP contribution in [-0.4, -0.2) is 30.9 Å². The van der Waals surface area contributed by atoms with Gasteiger partial charge in [0.15, 0.2) is 0 Å². The van der Waals surface area contributed by atoms with Crippen LogP contribution in [0.5, 0.6) is 5.75 Å². The molecule has 2 rings (SSSR count). The summed E-state index contributed by atoms with van der Waals surface area (Å²) < 4.78 is 5.55. The zero-order valence-corrected chi connectivity index (χ0v) is 8.10. The molecule has 0 aliphatic carbocycles. The van der Waals surface area contributed by atoms with Crippen molar-refractivity contribution in [3.05, 3.63) is 30.3 Å². The zero-order valence-electron chi connectivity index (χ0n) is 8.10. The summed E-state index contributed by atoms with van der Waals surface area (Å²) in [5.74, 6) is 0.927. The molecule has 1 aromatic carbocycles. The van der Waals surface area contributed by atoms with E-state index in [1.165, 1.54) is 0 Å². The minimum atomic E-state index is 0.696. The lowest BCUT2D eigenvalue weighted by Crippen LogP contribution is -2.21. The lowest BCUT2D eigenvalue weighted by atomic mass is 10.3. The third kappa shape index (κ3) is 2.49. The highest BCUT2D eigenvalue weighted by molar-refractivity contribution is 5.58. The fourth-order valence-electron chi connectivity index (χ4n) is 1.39. The molecule has 0 fully saturated rings. The van der Waals surface area contributed by atoms with Crippen LogP contribution in [0.15, 0.2) is 35.4 Å². The molecule has 1 aromatic rings. The van der Waals surface area contributed by atoms with Gasteiger partial charge in [0.1, 0.15) is 12.4 Å². The highest BCUT2D eigenvalue weighted by Crippen LogP contribution is 2.08. The van der Waals surface area contributed by atoms with Gasteiger partial charge in [-0.15, -0.1) is 0 Å². The average molecular weight is 190 g/mol. The second kappa shape index (κ2) is 4.65. The Morgan fingerprint density at radius 1 is 1.29 bits per heavy atom. The largest absolute Gasteiger partial charge is 0.492 e. The minimum Gasteiger partial charge on any atom is -0.492 e. The Kier molecular flexibility index (Phi) is 3.01. The maximum atomic E-state index is 5.55. The first-order chi connectivity index (χ1) is 6.95. The Balaban J connectivity index is 1.70. The molecule has 0 aromatic heterocycles. The third-order valence-corrected chi connectivity index (χ3v) is 2.12. The molecule has 0 saturated carbocycles. The van der Waals surface area contributed by atoms with Gasteiger partial charge in [0.2, 0.25) is 0 Å². The second-order valence-electron chi connectivity index (χ2n) is 3.20. The van der Waals surface area contributed by atoms with Gasteiger partial charge in [-0.2, -0.15) is 5.10 Å². The predicted octanol–water partition coefficient (Wildman–Crippen LogP) is 1.76. The number of nitrogens with zero attached hydrogens (tertiary/aromatic N) is 2. The molecule has 0 unspecified atom stereocenters. The normalized spacial score (nSPS) is 14.7. The van der Waals surface area contributed by atoms with E-state index in [0.29, 0.717) is 6.61 Å². The van der Waals surface area contributed by atoms with Crippen LogP contribution in [0.2, 0.25) is 0 Å². The molecule has 0 spiro atoms. The highest BCUT2D eigenvalue weighted by Gasteiger charge is 2.04. The molecule has 0 atom stereocenters. The van der Waals surface area contributed by atoms with Crippen LogP contribution in [0.4, 0.5) is 0 Å². The molecule has 0 saturated heterocycles. The van der Waals surface area contributed by atoms with Crippen molar-refractivity contribution < 1.29 is 4.74 Å². The molecule has 1 aliphatic rings. The molecule has 14 heavy (non-hydrogen) atoms. The molecule has 0 bridgehead atoms. The number of ether oxygens (including phenoxy) is 1. The van der Waals surface area contributed by atoms with E-state index in [-0.39, 0.29) is 0 Å². The molecule has 1 heterocycles. The van der Waals surface area contributed by atoms with Crippen LogP contribution in [0.1, 0.15) is 6.42 Å². The second-order valence-corrected chi connectivity index (χ2v) is 3.20. The first kappa shape index (κ1) is 9.06. The molecule has 0 amide bonds. The first-order valence-corrected chi connectivity index (χ1v) is 4.90. The number of benzene rings is 1. The van der Waals surface area contributed by atoms with Crippen molar-refractivity contribution in [2.75, 3.05) is 19.7 Å². The Hall–Kier alpha value is -1.51. The minimum absolute atomic E-state index is 0.696. The molecule has 1 aliphatic heterocycles. The zero-order chi connectivity index (χ0) is 9.64. The van der Waals surface area contributed by atoms with E-state index >= 15 is 0 Å². The molecule has 74 valence electrons. The Morgan fingerprint density at radius 3 is 2.86 bits per heavy atom. The maximum absolute atomic E-state index is 5.55. The van der Waals surface area contributed by atoms with Gasteiger partial charge in [-0.3, -0.25) is 5.01 Å². The number of para-hydroxylation sites is 1. The maximum Gasteiger partial charge on any atom is 0.119 e. The Morgan fingerprint density at radius 2 is 2.14 bits per heavy atom. The quantitative estimate of drug-likeness (QED) is 0.722. The smallest absolute Gasteiger partial charge is 0.119 e. The van der Waals surface area contributed by atoms with Crippen LogP contribution in [0, 0.1) is 0 Å². The average Bonchev–Trinajstić information content (AvgIpc) is 2.72. The van der Waals surface area contributed by atoms with Gasteiger partial charge >= 0.3 is 0 Å². The standard InChI is InChI=1S/C11H14N2O/c1-2-5-11(6-3-1)14-10-9-13-8-4-7-12-13/h1-3,5-7H,4,8-10H2. The lowest BCUT2D eigenvalue weighted by Gasteiger charge is -2.13. The van der Waals surface area contributed by atoms with E-state index in [4.69, 9.17) is 4.74 Å². The summed E-state index contributed by atoms with van der Waals surface area (Å²) in [5.41, 5.74) is 0. The Bertz CT molecular complexity index is 297. The van der Waals surface area contributed by atoms with Crippen molar-refractivity contribution in [3.8, 4) is 5.75 Å². The summed E-state index contributed by atoms with van der Waals surface area (Å²) in [6.07, 6.45) is 3.01. The van der Waals surface area contributed by atoms with E-state index in [1.807, 2.05) is 41.6 Å². The SMILES string of the molecule is C1=NN(CCOc2ccccc2)CC1. The van der Waals surface area contributed by atoms with Gasteiger partial charge in [-0.25, -0.2) is 0 Å². The molecule has 3 nitrogen and oxygen atoms in total. The van der Waals surface area contributed by atoms with Crippen LogP contribution in [0.25, 0.3) is 0 Å². The van der Waals surface area contributed by atoms with E-state index in [2.05, 4.69) is 5.10 Å².